The highest BCUT2D eigenvalue weighted by Crippen LogP contribution is 2.24. The Balaban J connectivity index is 3.02. The molecule has 1 amide bonds. The van der Waals surface area contributed by atoms with Gasteiger partial charge in [-0.3, -0.25) is 4.79 Å². The first-order valence-electron chi connectivity index (χ1n) is 4.71. The van der Waals surface area contributed by atoms with Gasteiger partial charge in [0.25, 0.3) is 0 Å². The fourth-order valence-electron chi connectivity index (χ4n) is 1.40. The van der Waals surface area contributed by atoms with Gasteiger partial charge in [-0.1, -0.05) is 13.0 Å². The van der Waals surface area contributed by atoms with Crippen LogP contribution in [0.2, 0.25) is 0 Å². The molecule has 3 nitrogen and oxygen atoms in total. The third kappa shape index (κ3) is 2.25. The van der Waals surface area contributed by atoms with Crippen molar-refractivity contribution in [2.75, 3.05) is 11.1 Å². The van der Waals surface area contributed by atoms with E-state index in [1.165, 1.54) is 0 Å². The van der Waals surface area contributed by atoms with Gasteiger partial charge < -0.3 is 11.1 Å². The Morgan fingerprint density at radius 2 is 2.07 bits per heavy atom. The summed E-state index contributed by atoms with van der Waals surface area (Å²) in [4.78, 5) is 11.2. The molecule has 0 fully saturated rings. The molecular formula is C11H16N2O. The lowest BCUT2D eigenvalue weighted by Gasteiger charge is -2.11. The lowest BCUT2D eigenvalue weighted by atomic mass is 10.1. The minimum Gasteiger partial charge on any atom is -0.397 e. The molecule has 3 N–H and O–H groups in total. The van der Waals surface area contributed by atoms with Crippen LogP contribution in [0.4, 0.5) is 11.4 Å². The Morgan fingerprint density at radius 1 is 1.43 bits per heavy atom. The first-order chi connectivity index (χ1) is 6.54. The van der Waals surface area contributed by atoms with Gasteiger partial charge in [-0.25, -0.2) is 0 Å². The molecule has 0 heterocycles. The standard InChI is InChI=1S/C11H16N2O/c1-4-10(14)13-11-8(3)5-7(2)6-9(11)12/h5-6H,4,12H2,1-3H3,(H,13,14). The maximum atomic E-state index is 11.2. The van der Waals surface area contributed by atoms with Crippen molar-refractivity contribution in [3.8, 4) is 0 Å². The molecule has 0 aromatic heterocycles. The van der Waals surface area contributed by atoms with Crippen LogP contribution in [0.3, 0.4) is 0 Å². The van der Waals surface area contributed by atoms with Crippen LogP contribution in [0, 0.1) is 13.8 Å². The molecular weight excluding hydrogens is 176 g/mol. The minimum absolute atomic E-state index is 0.0105. The molecule has 0 unspecified atom stereocenters. The highest BCUT2D eigenvalue weighted by molar-refractivity contribution is 5.94. The summed E-state index contributed by atoms with van der Waals surface area (Å²) < 4.78 is 0. The van der Waals surface area contributed by atoms with Crippen LogP contribution in [-0.4, -0.2) is 5.91 Å². The van der Waals surface area contributed by atoms with Crippen LogP contribution < -0.4 is 11.1 Å². The smallest absolute Gasteiger partial charge is 0.224 e. The highest BCUT2D eigenvalue weighted by atomic mass is 16.1. The SMILES string of the molecule is CCC(=O)Nc1c(C)cc(C)cc1N. The van der Waals surface area contributed by atoms with Gasteiger partial charge in [-0.2, -0.15) is 0 Å². The van der Waals surface area contributed by atoms with Crippen molar-refractivity contribution in [1.29, 1.82) is 0 Å². The molecule has 0 saturated carbocycles. The number of rotatable bonds is 2. The van der Waals surface area contributed by atoms with Gasteiger partial charge in [0, 0.05) is 6.42 Å². The molecule has 3 heteroatoms. The van der Waals surface area contributed by atoms with Crippen molar-refractivity contribution in [2.45, 2.75) is 27.2 Å². The summed E-state index contributed by atoms with van der Waals surface area (Å²) in [5.74, 6) is -0.0105. The number of nitrogens with two attached hydrogens (primary N) is 1. The predicted molar refractivity (Wildman–Crippen MR) is 59.2 cm³/mol. The zero-order valence-electron chi connectivity index (χ0n) is 8.85. The average Bonchev–Trinajstić information content (AvgIpc) is 2.10. The quantitative estimate of drug-likeness (QED) is 0.706. The van der Waals surface area contributed by atoms with E-state index in [-0.39, 0.29) is 5.91 Å². The Bertz CT molecular complexity index is 335. The zero-order valence-corrected chi connectivity index (χ0v) is 8.85. The summed E-state index contributed by atoms with van der Waals surface area (Å²) in [5.41, 5.74) is 9.29. The number of nitrogen functional groups attached to an aromatic ring is 1. The molecule has 0 aliphatic heterocycles. The first-order valence-corrected chi connectivity index (χ1v) is 4.71. The molecule has 0 aliphatic carbocycles. The van der Waals surface area contributed by atoms with Crippen molar-refractivity contribution in [3.63, 3.8) is 0 Å². The van der Waals surface area contributed by atoms with Gasteiger partial charge in [0.15, 0.2) is 0 Å². The van der Waals surface area contributed by atoms with Crippen LogP contribution in [-0.2, 0) is 4.79 Å². The highest BCUT2D eigenvalue weighted by Gasteiger charge is 2.06. The second kappa shape index (κ2) is 4.13. The summed E-state index contributed by atoms with van der Waals surface area (Å²) in [6.45, 7) is 5.73. The molecule has 0 spiro atoms. The van der Waals surface area contributed by atoms with E-state index in [0.29, 0.717) is 12.1 Å². The number of hydrogen-bond acceptors (Lipinski definition) is 2. The number of nitrogens with one attached hydrogen (secondary N) is 1. The summed E-state index contributed by atoms with van der Waals surface area (Å²) in [6.07, 6.45) is 0.465. The van der Waals surface area contributed by atoms with Crippen molar-refractivity contribution >= 4 is 17.3 Å². The fourth-order valence-corrected chi connectivity index (χ4v) is 1.40. The number of carbonyl (C=O) groups is 1. The van der Waals surface area contributed by atoms with Gasteiger partial charge in [-0.05, 0) is 31.0 Å². The molecule has 76 valence electrons. The van der Waals surface area contributed by atoms with Gasteiger partial charge in [0.05, 0.1) is 11.4 Å². The number of hydrogen-bond donors (Lipinski definition) is 2. The van der Waals surface area contributed by atoms with Crippen molar-refractivity contribution < 1.29 is 4.79 Å². The van der Waals surface area contributed by atoms with E-state index >= 15 is 0 Å². The molecule has 1 aromatic rings. The molecule has 0 radical (unpaired) electrons. The monoisotopic (exact) mass is 192 g/mol. The lowest BCUT2D eigenvalue weighted by Crippen LogP contribution is -2.12. The second-order valence-electron chi connectivity index (χ2n) is 3.45. The van der Waals surface area contributed by atoms with E-state index in [9.17, 15) is 4.79 Å². The molecule has 1 rings (SSSR count). The van der Waals surface area contributed by atoms with Crippen LogP contribution >= 0.6 is 0 Å². The number of benzene rings is 1. The zero-order chi connectivity index (χ0) is 10.7. The topological polar surface area (TPSA) is 55.1 Å². The first kappa shape index (κ1) is 10.6. The van der Waals surface area contributed by atoms with Gasteiger partial charge in [0.2, 0.25) is 5.91 Å². The van der Waals surface area contributed by atoms with E-state index < -0.39 is 0 Å². The normalized spacial score (nSPS) is 9.93. The van der Waals surface area contributed by atoms with Crippen molar-refractivity contribution in [1.82, 2.24) is 0 Å². The molecule has 0 bridgehead atoms. The largest absolute Gasteiger partial charge is 0.397 e. The van der Waals surface area contributed by atoms with E-state index in [0.717, 1.165) is 16.8 Å². The minimum atomic E-state index is -0.0105. The summed E-state index contributed by atoms with van der Waals surface area (Å²) in [6, 6.07) is 3.86. The second-order valence-corrected chi connectivity index (χ2v) is 3.45. The third-order valence-electron chi connectivity index (χ3n) is 2.10. The molecule has 0 saturated heterocycles. The number of amides is 1. The van der Waals surface area contributed by atoms with Crippen molar-refractivity contribution in [3.05, 3.63) is 23.3 Å². The fraction of sp³-hybridized carbons (Fsp3) is 0.364. The van der Waals surface area contributed by atoms with Crippen LogP contribution in [0.25, 0.3) is 0 Å². The number of anilines is 2. The lowest BCUT2D eigenvalue weighted by molar-refractivity contribution is -0.115. The van der Waals surface area contributed by atoms with E-state index in [1.54, 1.807) is 0 Å². The van der Waals surface area contributed by atoms with Crippen LogP contribution in [0.1, 0.15) is 24.5 Å². The third-order valence-corrected chi connectivity index (χ3v) is 2.10. The number of aryl methyl sites for hydroxylation is 2. The molecule has 1 aromatic carbocycles. The predicted octanol–water partition coefficient (Wildman–Crippen LogP) is 2.23. The van der Waals surface area contributed by atoms with Crippen molar-refractivity contribution in [2.24, 2.45) is 0 Å². The van der Waals surface area contributed by atoms with E-state index in [1.807, 2.05) is 32.9 Å². The Morgan fingerprint density at radius 3 is 2.57 bits per heavy atom. The molecule has 14 heavy (non-hydrogen) atoms. The maximum absolute atomic E-state index is 11.2. The molecule has 0 aliphatic rings. The van der Waals surface area contributed by atoms with Crippen LogP contribution in [0.5, 0.6) is 0 Å². The molecule has 0 atom stereocenters. The van der Waals surface area contributed by atoms with Gasteiger partial charge in [-0.15, -0.1) is 0 Å². The van der Waals surface area contributed by atoms with E-state index in [4.69, 9.17) is 5.73 Å². The maximum Gasteiger partial charge on any atom is 0.224 e. The van der Waals surface area contributed by atoms with Crippen LogP contribution in [0.15, 0.2) is 12.1 Å². The summed E-state index contributed by atoms with van der Waals surface area (Å²) in [7, 11) is 0. The summed E-state index contributed by atoms with van der Waals surface area (Å²) in [5, 5.41) is 2.79. The number of carbonyl (C=O) groups excluding carboxylic acids is 1. The van der Waals surface area contributed by atoms with E-state index in [2.05, 4.69) is 5.32 Å². The van der Waals surface area contributed by atoms with Gasteiger partial charge in [0.1, 0.15) is 0 Å². The average molecular weight is 192 g/mol. The Labute approximate surface area is 84.3 Å². The Hall–Kier alpha value is -1.51. The Kier molecular flexibility index (Phi) is 3.12. The van der Waals surface area contributed by atoms with Gasteiger partial charge >= 0.3 is 0 Å². The summed E-state index contributed by atoms with van der Waals surface area (Å²) >= 11 is 0.